The molecule has 0 aliphatic rings. The molecule has 0 aliphatic carbocycles. The molecule has 0 amide bonds. The van der Waals surface area contributed by atoms with Crippen molar-refractivity contribution in [3.05, 3.63) is 0 Å². The van der Waals surface area contributed by atoms with Crippen molar-refractivity contribution in [1.82, 2.24) is 0 Å². The van der Waals surface area contributed by atoms with Crippen LogP contribution in [0.2, 0.25) is 0 Å². The first-order valence-electron chi connectivity index (χ1n) is 3.26. The van der Waals surface area contributed by atoms with E-state index in [0.29, 0.717) is 0 Å². The van der Waals surface area contributed by atoms with E-state index >= 15 is 0 Å². The van der Waals surface area contributed by atoms with E-state index in [1.54, 1.807) is 0 Å². The summed E-state index contributed by atoms with van der Waals surface area (Å²) in [6.45, 7) is 0.597. The largest absolute Gasteiger partial charge is 0.391 e. The maximum absolute atomic E-state index is 10.6. The predicted molar refractivity (Wildman–Crippen MR) is 37.8 cm³/mol. The molecule has 0 rings (SSSR count). The molecule has 0 aromatic rings. The van der Waals surface area contributed by atoms with Crippen molar-refractivity contribution >= 4 is 5.78 Å². The molecular weight excluding hydrogens is 150 g/mol. The van der Waals surface area contributed by atoms with Crippen LogP contribution in [0.1, 0.15) is 6.92 Å². The van der Waals surface area contributed by atoms with Crippen LogP contribution in [-0.2, 0) is 4.79 Å². The summed E-state index contributed by atoms with van der Waals surface area (Å²) in [6, 6.07) is -1.21. The maximum atomic E-state index is 10.6. The minimum atomic E-state index is -1.31. The van der Waals surface area contributed by atoms with Gasteiger partial charge in [0.05, 0.1) is 12.1 Å². The predicted octanol–water partition coefficient (Wildman–Crippen LogP) is -2.38. The topological polar surface area (TPSA) is 104 Å². The fourth-order valence-corrected chi connectivity index (χ4v) is 0.596. The van der Waals surface area contributed by atoms with Crippen molar-refractivity contribution in [1.29, 1.82) is 0 Å². The summed E-state index contributed by atoms with van der Waals surface area (Å²) >= 11 is 0. The van der Waals surface area contributed by atoms with Gasteiger partial charge in [0.25, 0.3) is 0 Å². The Hall–Kier alpha value is -0.490. The molecule has 0 aromatic carbocycles. The van der Waals surface area contributed by atoms with Gasteiger partial charge in [0.1, 0.15) is 12.7 Å². The highest BCUT2D eigenvalue weighted by Gasteiger charge is 2.25. The number of aliphatic hydroxyl groups excluding tert-OH is 3. The molecule has 5 N–H and O–H groups in total. The molecular formula is C6H13NO4. The summed E-state index contributed by atoms with van der Waals surface area (Å²) in [4.78, 5) is 10.6. The lowest BCUT2D eigenvalue weighted by Gasteiger charge is -2.18. The highest BCUT2D eigenvalue weighted by molar-refractivity contribution is 5.85. The van der Waals surface area contributed by atoms with Crippen molar-refractivity contribution in [2.45, 2.75) is 25.2 Å². The van der Waals surface area contributed by atoms with Gasteiger partial charge in [-0.2, -0.15) is 0 Å². The van der Waals surface area contributed by atoms with Gasteiger partial charge >= 0.3 is 0 Å². The second-order valence-corrected chi connectivity index (χ2v) is 2.38. The van der Waals surface area contributed by atoms with Crippen molar-refractivity contribution in [2.75, 3.05) is 6.61 Å². The van der Waals surface area contributed by atoms with Crippen molar-refractivity contribution in [2.24, 2.45) is 5.73 Å². The lowest BCUT2D eigenvalue weighted by Crippen LogP contribution is -2.48. The fourth-order valence-electron chi connectivity index (χ4n) is 0.596. The first-order valence-corrected chi connectivity index (χ1v) is 3.26. The van der Waals surface area contributed by atoms with E-state index in [1.165, 1.54) is 6.92 Å². The van der Waals surface area contributed by atoms with E-state index in [-0.39, 0.29) is 0 Å². The number of hydrogen-bond donors (Lipinski definition) is 4. The number of carbonyl (C=O) groups excluding carboxylic acids is 1. The first kappa shape index (κ1) is 10.5. The average molecular weight is 163 g/mol. The van der Waals surface area contributed by atoms with Gasteiger partial charge in [-0.05, 0) is 6.92 Å². The summed E-state index contributed by atoms with van der Waals surface area (Å²) in [7, 11) is 0. The Morgan fingerprint density at radius 1 is 1.55 bits per heavy atom. The third-order valence-electron chi connectivity index (χ3n) is 1.39. The SMILES string of the molecule is C[C@@H](O)[C@H](O)[C@H](N)C(=O)CO. The second kappa shape index (κ2) is 4.40. The standard InChI is InChI=1S/C6H13NO4/c1-3(9)6(11)5(7)4(10)2-8/h3,5-6,8-9,11H,2,7H2,1H3/t3-,5-,6+/m1/s1. The zero-order valence-corrected chi connectivity index (χ0v) is 6.27. The van der Waals surface area contributed by atoms with Crippen LogP contribution < -0.4 is 5.73 Å². The third kappa shape index (κ3) is 2.94. The molecule has 0 bridgehead atoms. The number of aliphatic hydroxyl groups is 3. The number of nitrogens with two attached hydrogens (primary N) is 1. The van der Waals surface area contributed by atoms with E-state index < -0.39 is 30.6 Å². The smallest absolute Gasteiger partial charge is 0.177 e. The average Bonchev–Trinajstić information content (AvgIpc) is 2.00. The highest BCUT2D eigenvalue weighted by atomic mass is 16.3. The van der Waals surface area contributed by atoms with Crippen LogP contribution in [0.25, 0.3) is 0 Å². The molecule has 3 atom stereocenters. The third-order valence-corrected chi connectivity index (χ3v) is 1.39. The molecule has 0 spiro atoms. The lowest BCUT2D eigenvalue weighted by atomic mass is 10.0. The van der Waals surface area contributed by atoms with Crippen LogP contribution >= 0.6 is 0 Å². The molecule has 5 nitrogen and oxygen atoms in total. The summed E-state index contributed by atoms with van der Waals surface area (Å²) in [5, 5.41) is 26.1. The number of Topliss-reactive ketones (excluding diaryl/α,β-unsaturated/α-hetero) is 1. The van der Waals surface area contributed by atoms with E-state index in [2.05, 4.69) is 0 Å². The maximum Gasteiger partial charge on any atom is 0.177 e. The van der Waals surface area contributed by atoms with Crippen LogP contribution in [-0.4, -0.2) is 46.0 Å². The van der Waals surface area contributed by atoms with E-state index in [9.17, 15) is 4.79 Å². The number of hydrogen-bond acceptors (Lipinski definition) is 5. The molecule has 5 heteroatoms. The summed E-state index contributed by atoms with van der Waals surface area (Å²) in [5.74, 6) is -0.682. The molecule has 0 saturated carbocycles. The number of ketones is 1. The first-order chi connectivity index (χ1) is 5.00. The van der Waals surface area contributed by atoms with Crippen molar-refractivity contribution < 1.29 is 20.1 Å². The monoisotopic (exact) mass is 163 g/mol. The van der Waals surface area contributed by atoms with E-state index in [0.717, 1.165) is 0 Å². The molecule has 0 saturated heterocycles. The Morgan fingerprint density at radius 2 is 2.00 bits per heavy atom. The van der Waals surface area contributed by atoms with Gasteiger partial charge < -0.3 is 21.1 Å². The quantitative estimate of drug-likeness (QED) is 0.370. The van der Waals surface area contributed by atoms with Crippen LogP contribution in [0.3, 0.4) is 0 Å². The van der Waals surface area contributed by atoms with Gasteiger partial charge in [-0.15, -0.1) is 0 Å². The van der Waals surface area contributed by atoms with Gasteiger partial charge in [0, 0.05) is 0 Å². The van der Waals surface area contributed by atoms with Gasteiger partial charge in [-0.3, -0.25) is 4.79 Å². The van der Waals surface area contributed by atoms with Gasteiger partial charge in [-0.25, -0.2) is 0 Å². The summed E-state index contributed by atoms with van der Waals surface area (Å²) < 4.78 is 0. The molecule has 0 aromatic heterocycles. The molecule has 66 valence electrons. The number of carbonyl (C=O) groups is 1. The van der Waals surface area contributed by atoms with Crippen LogP contribution in [0.15, 0.2) is 0 Å². The summed E-state index contributed by atoms with van der Waals surface area (Å²) in [6.07, 6.45) is -2.38. The Bertz CT molecular complexity index is 137. The van der Waals surface area contributed by atoms with Crippen LogP contribution in [0.5, 0.6) is 0 Å². The Labute approximate surface area is 64.4 Å². The normalized spacial score (nSPS) is 19.0. The Kier molecular flexibility index (Phi) is 4.20. The highest BCUT2D eigenvalue weighted by Crippen LogP contribution is 1.97. The van der Waals surface area contributed by atoms with Gasteiger partial charge in [0.2, 0.25) is 0 Å². The van der Waals surface area contributed by atoms with Crippen molar-refractivity contribution in [3.63, 3.8) is 0 Å². The minimum absolute atomic E-state index is 0.682. The van der Waals surface area contributed by atoms with E-state index in [4.69, 9.17) is 21.1 Å². The molecule has 11 heavy (non-hydrogen) atoms. The molecule has 0 radical (unpaired) electrons. The fraction of sp³-hybridized carbons (Fsp3) is 0.833. The minimum Gasteiger partial charge on any atom is -0.391 e. The van der Waals surface area contributed by atoms with Gasteiger partial charge in [-0.1, -0.05) is 0 Å². The lowest BCUT2D eigenvalue weighted by molar-refractivity contribution is -0.127. The number of rotatable bonds is 4. The van der Waals surface area contributed by atoms with Crippen LogP contribution in [0.4, 0.5) is 0 Å². The molecule has 0 heterocycles. The molecule has 0 aliphatic heterocycles. The van der Waals surface area contributed by atoms with Gasteiger partial charge in [0.15, 0.2) is 5.78 Å². The zero-order chi connectivity index (χ0) is 9.02. The Balaban J connectivity index is 4.01. The Morgan fingerprint density at radius 3 is 2.27 bits per heavy atom. The van der Waals surface area contributed by atoms with E-state index in [1.807, 2.05) is 0 Å². The zero-order valence-electron chi connectivity index (χ0n) is 6.27. The van der Waals surface area contributed by atoms with Crippen LogP contribution in [0, 0.1) is 0 Å². The second-order valence-electron chi connectivity index (χ2n) is 2.38. The molecule has 0 unspecified atom stereocenters. The summed E-state index contributed by atoms with van der Waals surface area (Å²) in [5.41, 5.74) is 5.15. The van der Waals surface area contributed by atoms with Crippen molar-refractivity contribution in [3.8, 4) is 0 Å². The molecule has 0 fully saturated rings.